The number of halogens is 3. The van der Waals surface area contributed by atoms with E-state index in [0.717, 1.165) is 0 Å². The van der Waals surface area contributed by atoms with Crippen LogP contribution in [0.3, 0.4) is 0 Å². The molecule has 0 aromatic heterocycles. The van der Waals surface area contributed by atoms with Gasteiger partial charge in [0.2, 0.25) is 0 Å². The van der Waals surface area contributed by atoms with Crippen molar-refractivity contribution in [2.45, 2.75) is 24.4 Å². The summed E-state index contributed by atoms with van der Waals surface area (Å²) in [5.74, 6) is 0. The fraction of sp³-hybridized carbons (Fsp3) is 0.250. The van der Waals surface area contributed by atoms with Crippen LogP contribution in [0.5, 0.6) is 0 Å². The zero-order valence-corrected chi connectivity index (χ0v) is 11.5. The lowest BCUT2D eigenvalue weighted by Crippen LogP contribution is -2.47. The van der Waals surface area contributed by atoms with Crippen molar-refractivity contribution < 1.29 is 23.4 Å². The van der Waals surface area contributed by atoms with Crippen molar-refractivity contribution in [3.63, 3.8) is 0 Å². The van der Waals surface area contributed by atoms with Gasteiger partial charge in [-0.1, -0.05) is 48.5 Å². The van der Waals surface area contributed by atoms with Crippen LogP contribution < -0.4 is 5.32 Å². The Morgan fingerprint density at radius 3 is 1.82 bits per heavy atom. The van der Waals surface area contributed by atoms with E-state index in [1.54, 1.807) is 48.5 Å². The molecular formula is C16H16F3NO2. The minimum atomic E-state index is -4.85. The molecule has 2 rings (SSSR count). The van der Waals surface area contributed by atoms with Crippen molar-refractivity contribution >= 4 is 5.69 Å². The van der Waals surface area contributed by atoms with Gasteiger partial charge in [0.15, 0.2) is 6.10 Å². The average molecular weight is 311 g/mol. The second-order valence-corrected chi connectivity index (χ2v) is 4.88. The van der Waals surface area contributed by atoms with Crippen LogP contribution in [0.2, 0.25) is 0 Å². The van der Waals surface area contributed by atoms with E-state index in [2.05, 4.69) is 5.32 Å². The fourth-order valence-electron chi connectivity index (χ4n) is 2.12. The molecule has 2 aromatic carbocycles. The summed E-state index contributed by atoms with van der Waals surface area (Å²) in [7, 11) is 0. The zero-order valence-electron chi connectivity index (χ0n) is 11.5. The van der Waals surface area contributed by atoms with Gasteiger partial charge in [-0.25, -0.2) is 0 Å². The average Bonchev–Trinajstić information content (AvgIpc) is 2.52. The molecule has 0 aliphatic heterocycles. The van der Waals surface area contributed by atoms with Crippen molar-refractivity contribution in [2.24, 2.45) is 0 Å². The minimum Gasteiger partial charge on any atom is -0.386 e. The molecule has 0 aliphatic rings. The monoisotopic (exact) mass is 311 g/mol. The first kappa shape index (κ1) is 16.3. The summed E-state index contributed by atoms with van der Waals surface area (Å²) >= 11 is 0. The second-order valence-electron chi connectivity index (χ2n) is 4.88. The third kappa shape index (κ3) is 3.99. The Kier molecular flexibility index (Phi) is 5.05. The molecule has 3 N–H and O–H groups in total. The van der Waals surface area contributed by atoms with E-state index in [1.807, 2.05) is 0 Å². The van der Waals surface area contributed by atoms with E-state index >= 15 is 0 Å². The Hall–Kier alpha value is -2.05. The van der Waals surface area contributed by atoms with Gasteiger partial charge in [-0.3, -0.25) is 0 Å². The quantitative estimate of drug-likeness (QED) is 0.795. The Bertz CT molecular complexity index is 575. The highest BCUT2D eigenvalue weighted by molar-refractivity contribution is 5.44. The van der Waals surface area contributed by atoms with E-state index in [4.69, 9.17) is 0 Å². The molecule has 2 aromatic rings. The standard InChI is InChI=1S/C16H16F3NO2/c17-16(18,19)15(22)13(20-12-9-5-2-6-10-12)14(21)11-7-3-1-4-8-11/h1-10,13-15,20-22H/t13-,14-,15+/m1/s1. The van der Waals surface area contributed by atoms with Crippen LogP contribution in [0, 0.1) is 0 Å². The number of nitrogens with one attached hydrogen (secondary N) is 1. The second kappa shape index (κ2) is 6.81. The van der Waals surface area contributed by atoms with E-state index in [9.17, 15) is 23.4 Å². The normalized spacial score (nSPS) is 15.9. The number of rotatable bonds is 5. The Balaban J connectivity index is 2.29. The van der Waals surface area contributed by atoms with Crippen molar-refractivity contribution in [1.82, 2.24) is 0 Å². The molecule has 6 heteroatoms. The van der Waals surface area contributed by atoms with Crippen molar-refractivity contribution in [3.05, 3.63) is 66.2 Å². The maximum Gasteiger partial charge on any atom is 0.416 e. The topological polar surface area (TPSA) is 52.5 Å². The van der Waals surface area contributed by atoms with Crippen LogP contribution in [0.25, 0.3) is 0 Å². The highest BCUT2D eigenvalue weighted by Crippen LogP contribution is 2.30. The van der Waals surface area contributed by atoms with Gasteiger partial charge in [0, 0.05) is 5.69 Å². The summed E-state index contributed by atoms with van der Waals surface area (Å²) in [6.07, 6.45) is -9.07. The summed E-state index contributed by atoms with van der Waals surface area (Å²) < 4.78 is 38.6. The Morgan fingerprint density at radius 1 is 0.818 bits per heavy atom. The Labute approximate surface area is 126 Å². The van der Waals surface area contributed by atoms with E-state index < -0.39 is 24.4 Å². The van der Waals surface area contributed by atoms with Crippen LogP contribution in [0.1, 0.15) is 11.7 Å². The summed E-state index contributed by atoms with van der Waals surface area (Å²) in [6.45, 7) is 0. The lowest BCUT2D eigenvalue weighted by molar-refractivity contribution is -0.214. The minimum absolute atomic E-state index is 0.291. The number of alkyl halides is 3. The molecule has 3 nitrogen and oxygen atoms in total. The first-order chi connectivity index (χ1) is 10.4. The van der Waals surface area contributed by atoms with Gasteiger partial charge in [-0.05, 0) is 17.7 Å². The summed E-state index contributed by atoms with van der Waals surface area (Å²) in [5.41, 5.74) is 0.671. The SMILES string of the molecule is O[C@H](c1ccccc1)[C@@H](Nc1ccccc1)[C@H](O)C(F)(F)F. The van der Waals surface area contributed by atoms with Crippen LogP contribution >= 0.6 is 0 Å². The number of hydrogen-bond donors (Lipinski definition) is 3. The van der Waals surface area contributed by atoms with Crippen molar-refractivity contribution in [2.75, 3.05) is 5.32 Å². The molecule has 0 heterocycles. The van der Waals surface area contributed by atoms with Crippen molar-refractivity contribution in [1.29, 1.82) is 0 Å². The summed E-state index contributed by atoms with van der Waals surface area (Å²) in [4.78, 5) is 0. The highest BCUT2D eigenvalue weighted by atomic mass is 19.4. The number of aliphatic hydroxyl groups excluding tert-OH is 2. The van der Waals surface area contributed by atoms with Crippen LogP contribution in [-0.2, 0) is 0 Å². The smallest absolute Gasteiger partial charge is 0.386 e. The van der Waals surface area contributed by atoms with Gasteiger partial charge in [-0.2, -0.15) is 13.2 Å². The van der Waals surface area contributed by atoms with Gasteiger partial charge in [0.25, 0.3) is 0 Å². The molecule has 3 atom stereocenters. The molecular weight excluding hydrogens is 295 g/mol. The van der Waals surface area contributed by atoms with Crippen LogP contribution in [0.15, 0.2) is 60.7 Å². The summed E-state index contributed by atoms with van der Waals surface area (Å²) in [5, 5.41) is 22.4. The Morgan fingerprint density at radius 2 is 1.32 bits per heavy atom. The summed E-state index contributed by atoms with van der Waals surface area (Å²) in [6, 6.07) is 14.4. The third-order valence-electron chi connectivity index (χ3n) is 3.26. The van der Waals surface area contributed by atoms with Gasteiger partial charge < -0.3 is 15.5 Å². The molecule has 0 spiro atoms. The lowest BCUT2D eigenvalue weighted by Gasteiger charge is -2.30. The van der Waals surface area contributed by atoms with Crippen LogP contribution in [0.4, 0.5) is 18.9 Å². The van der Waals surface area contributed by atoms with E-state index in [-0.39, 0.29) is 0 Å². The number of hydrogen-bond acceptors (Lipinski definition) is 3. The van der Waals surface area contributed by atoms with Gasteiger partial charge >= 0.3 is 6.18 Å². The largest absolute Gasteiger partial charge is 0.416 e. The number of para-hydroxylation sites is 1. The fourth-order valence-corrected chi connectivity index (χ4v) is 2.12. The van der Waals surface area contributed by atoms with E-state index in [1.165, 1.54) is 12.1 Å². The molecule has 0 radical (unpaired) electrons. The predicted octanol–water partition coefficient (Wildman–Crippen LogP) is 3.12. The predicted molar refractivity (Wildman–Crippen MR) is 77.3 cm³/mol. The number of aliphatic hydroxyl groups is 2. The van der Waals surface area contributed by atoms with Crippen molar-refractivity contribution in [3.8, 4) is 0 Å². The number of anilines is 1. The van der Waals surface area contributed by atoms with E-state index in [0.29, 0.717) is 11.3 Å². The molecule has 0 saturated heterocycles. The molecule has 0 unspecified atom stereocenters. The molecule has 0 saturated carbocycles. The molecule has 0 bridgehead atoms. The highest BCUT2D eigenvalue weighted by Gasteiger charge is 2.46. The van der Waals surface area contributed by atoms with Gasteiger partial charge in [-0.15, -0.1) is 0 Å². The van der Waals surface area contributed by atoms with Crippen LogP contribution in [-0.4, -0.2) is 28.5 Å². The molecule has 0 aliphatic carbocycles. The maximum atomic E-state index is 12.9. The molecule has 0 fully saturated rings. The maximum absolute atomic E-state index is 12.9. The first-order valence-corrected chi connectivity index (χ1v) is 6.69. The molecule has 118 valence electrons. The molecule has 22 heavy (non-hydrogen) atoms. The zero-order chi connectivity index (χ0) is 16.2. The third-order valence-corrected chi connectivity index (χ3v) is 3.26. The van der Waals surface area contributed by atoms with Gasteiger partial charge in [0.05, 0.1) is 6.04 Å². The first-order valence-electron chi connectivity index (χ1n) is 6.69. The molecule has 0 amide bonds. The number of benzene rings is 2. The lowest BCUT2D eigenvalue weighted by atomic mass is 9.97. The van der Waals surface area contributed by atoms with Gasteiger partial charge in [0.1, 0.15) is 6.10 Å².